The van der Waals surface area contributed by atoms with E-state index in [1.54, 1.807) is 12.3 Å². The number of hydrazone groups is 1. The smallest absolute Gasteiger partial charge is 0.271 e. The van der Waals surface area contributed by atoms with Gasteiger partial charge in [0.15, 0.2) is 0 Å². The fourth-order valence-electron chi connectivity index (χ4n) is 2.97. The molecule has 1 N–H and O–H groups in total. The van der Waals surface area contributed by atoms with Gasteiger partial charge in [-0.2, -0.15) is 5.10 Å². The van der Waals surface area contributed by atoms with Crippen LogP contribution in [0.4, 0.5) is 4.39 Å². The maximum Gasteiger partial charge on any atom is 0.271 e. The van der Waals surface area contributed by atoms with E-state index in [1.807, 2.05) is 12.3 Å². The van der Waals surface area contributed by atoms with E-state index >= 15 is 0 Å². The number of benzene rings is 1. The monoisotopic (exact) mass is 313 g/mol. The van der Waals surface area contributed by atoms with Crippen LogP contribution in [0, 0.1) is 5.82 Å². The normalized spacial score (nSPS) is 15.9. The molecule has 5 heteroatoms. The maximum atomic E-state index is 13.1. The van der Waals surface area contributed by atoms with Gasteiger partial charge in [0.2, 0.25) is 0 Å². The van der Waals surface area contributed by atoms with E-state index in [4.69, 9.17) is 0 Å². The molecule has 2 aromatic rings. The van der Waals surface area contributed by atoms with Crippen molar-refractivity contribution in [3.8, 4) is 0 Å². The van der Waals surface area contributed by atoms with Crippen molar-refractivity contribution >= 4 is 12.1 Å². The lowest BCUT2D eigenvalue weighted by molar-refractivity contribution is 0.0954. The fraction of sp³-hybridized carbons (Fsp3) is 0.333. The molecule has 0 radical (unpaired) electrons. The summed E-state index contributed by atoms with van der Waals surface area (Å²) < 4.78 is 15.3. The number of rotatable bonds is 4. The molecular formula is C18H20FN3O. The van der Waals surface area contributed by atoms with Gasteiger partial charge in [0.05, 0.1) is 6.21 Å². The molecule has 0 unspecified atom stereocenters. The molecule has 1 aliphatic rings. The van der Waals surface area contributed by atoms with Gasteiger partial charge in [-0.25, -0.2) is 9.82 Å². The van der Waals surface area contributed by atoms with Crippen LogP contribution in [-0.4, -0.2) is 16.7 Å². The number of carbonyl (C=O) groups excluding carboxylic acids is 1. The van der Waals surface area contributed by atoms with E-state index < -0.39 is 11.7 Å². The zero-order valence-electron chi connectivity index (χ0n) is 12.9. The van der Waals surface area contributed by atoms with Crippen molar-refractivity contribution in [3.63, 3.8) is 0 Å². The Labute approximate surface area is 135 Å². The van der Waals surface area contributed by atoms with Crippen molar-refractivity contribution in [3.05, 3.63) is 59.7 Å². The Bertz CT molecular complexity index is 702. The molecule has 1 amide bonds. The summed E-state index contributed by atoms with van der Waals surface area (Å²) in [6, 6.07) is 8.09. The first-order valence-corrected chi connectivity index (χ1v) is 7.99. The highest BCUT2D eigenvalue weighted by atomic mass is 19.1. The fourth-order valence-corrected chi connectivity index (χ4v) is 2.97. The Hall–Kier alpha value is -2.43. The first-order valence-electron chi connectivity index (χ1n) is 7.99. The molecule has 3 rings (SSSR count). The zero-order valence-corrected chi connectivity index (χ0v) is 12.9. The van der Waals surface area contributed by atoms with Gasteiger partial charge in [0.1, 0.15) is 5.82 Å². The number of hydrogen-bond donors (Lipinski definition) is 1. The average molecular weight is 313 g/mol. The molecule has 120 valence electrons. The molecule has 1 aromatic heterocycles. The van der Waals surface area contributed by atoms with E-state index in [2.05, 4.69) is 21.3 Å². The zero-order chi connectivity index (χ0) is 16.1. The maximum absolute atomic E-state index is 13.1. The van der Waals surface area contributed by atoms with Gasteiger partial charge >= 0.3 is 0 Å². The predicted octanol–water partition coefficient (Wildman–Crippen LogP) is 3.90. The second-order valence-electron chi connectivity index (χ2n) is 5.89. The summed E-state index contributed by atoms with van der Waals surface area (Å²) in [4.78, 5) is 11.8. The van der Waals surface area contributed by atoms with Crippen LogP contribution in [0.2, 0.25) is 0 Å². The van der Waals surface area contributed by atoms with E-state index in [9.17, 15) is 9.18 Å². The van der Waals surface area contributed by atoms with Crippen molar-refractivity contribution < 1.29 is 9.18 Å². The number of aromatic nitrogens is 1. The van der Waals surface area contributed by atoms with Gasteiger partial charge in [0.25, 0.3) is 5.91 Å². The Balaban J connectivity index is 1.58. The van der Waals surface area contributed by atoms with Gasteiger partial charge in [-0.15, -0.1) is 0 Å². The van der Waals surface area contributed by atoms with Gasteiger partial charge < -0.3 is 4.57 Å². The molecule has 0 saturated heterocycles. The first-order chi connectivity index (χ1) is 11.2. The molecule has 0 aliphatic heterocycles. The van der Waals surface area contributed by atoms with E-state index in [-0.39, 0.29) is 5.56 Å². The third kappa shape index (κ3) is 4.06. The second kappa shape index (κ2) is 7.22. The van der Waals surface area contributed by atoms with E-state index in [0.29, 0.717) is 6.04 Å². The van der Waals surface area contributed by atoms with Crippen LogP contribution in [0.15, 0.2) is 47.8 Å². The Morgan fingerprint density at radius 1 is 1.26 bits per heavy atom. The topological polar surface area (TPSA) is 46.4 Å². The minimum absolute atomic E-state index is 0.252. The van der Waals surface area contributed by atoms with Crippen LogP contribution < -0.4 is 5.43 Å². The summed E-state index contributed by atoms with van der Waals surface area (Å²) in [5.74, 6) is -0.862. The summed E-state index contributed by atoms with van der Waals surface area (Å²) in [7, 11) is 0. The van der Waals surface area contributed by atoms with Crippen molar-refractivity contribution in [1.29, 1.82) is 0 Å². The largest absolute Gasteiger partial charge is 0.351 e. The molecule has 4 nitrogen and oxygen atoms in total. The van der Waals surface area contributed by atoms with E-state index in [1.165, 1.54) is 50.3 Å². The highest BCUT2D eigenvalue weighted by Crippen LogP contribution is 2.28. The third-order valence-corrected chi connectivity index (χ3v) is 4.20. The third-order valence-electron chi connectivity index (χ3n) is 4.20. The van der Waals surface area contributed by atoms with Crippen LogP contribution in [0.1, 0.15) is 54.1 Å². The van der Waals surface area contributed by atoms with Crippen molar-refractivity contribution in [2.75, 3.05) is 0 Å². The molecule has 1 aromatic carbocycles. The van der Waals surface area contributed by atoms with Gasteiger partial charge in [-0.05, 0) is 37.1 Å². The minimum atomic E-state index is -0.439. The van der Waals surface area contributed by atoms with Gasteiger partial charge in [0, 0.05) is 29.6 Å². The molecule has 0 spiro atoms. The number of carbonyl (C=O) groups is 1. The lowest BCUT2D eigenvalue weighted by Gasteiger charge is -2.23. The second-order valence-corrected chi connectivity index (χ2v) is 5.89. The van der Waals surface area contributed by atoms with E-state index in [0.717, 1.165) is 5.56 Å². The molecule has 23 heavy (non-hydrogen) atoms. The van der Waals surface area contributed by atoms with Crippen LogP contribution in [0.5, 0.6) is 0 Å². The van der Waals surface area contributed by atoms with Crippen LogP contribution in [0.25, 0.3) is 0 Å². The van der Waals surface area contributed by atoms with Crippen LogP contribution in [0.3, 0.4) is 0 Å². The Morgan fingerprint density at radius 2 is 2.09 bits per heavy atom. The first kappa shape index (κ1) is 15.5. The molecule has 1 heterocycles. The predicted molar refractivity (Wildman–Crippen MR) is 88.0 cm³/mol. The van der Waals surface area contributed by atoms with Crippen molar-refractivity contribution in [1.82, 2.24) is 9.99 Å². The Kier molecular flexibility index (Phi) is 4.86. The number of nitrogens with one attached hydrogen (secondary N) is 1. The number of halogens is 1. The summed E-state index contributed by atoms with van der Waals surface area (Å²) in [6.07, 6.45) is 12.1. The molecule has 0 bridgehead atoms. The summed E-state index contributed by atoms with van der Waals surface area (Å²) >= 11 is 0. The number of nitrogens with zero attached hydrogens (tertiary/aromatic N) is 2. The van der Waals surface area contributed by atoms with Crippen LogP contribution in [-0.2, 0) is 0 Å². The number of hydrogen-bond acceptors (Lipinski definition) is 2. The quantitative estimate of drug-likeness (QED) is 0.675. The molecule has 0 atom stereocenters. The molecular weight excluding hydrogens is 293 g/mol. The summed E-state index contributed by atoms with van der Waals surface area (Å²) in [6.45, 7) is 0. The van der Waals surface area contributed by atoms with Crippen LogP contribution >= 0.6 is 0 Å². The Morgan fingerprint density at radius 3 is 2.87 bits per heavy atom. The summed E-state index contributed by atoms with van der Waals surface area (Å²) in [5.41, 5.74) is 3.61. The SMILES string of the molecule is O=C(N/N=C\c1ccn(C2CCCCC2)c1)c1cccc(F)c1. The minimum Gasteiger partial charge on any atom is -0.351 e. The highest BCUT2D eigenvalue weighted by Gasteiger charge is 2.14. The van der Waals surface area contributed by atoms with Gasteiger partial charge in [-0.1, -0.05) is 25.3 Å². The van der Waals surface area contributed by atoms with Gasteiger partial charge in [-0.3, -0.25) is 4.79 Å². The van der Waals surface area contributed by atoms with Crippen molar-refractivity contribution in [2.24, 2.45) is 5.10 Å². The van der Waals surface area contributed by atoms with Crippen molar-refractivity contribution in [2.45, 2.75) is 38.1 Å². The number of amides is 1. The molecule has 1 fully saturated rings. The standard InChI is InChI=1S/C18H20FN3O/c19-16-6-4-5-15(11-16)18(23)21-20-12-14-9-10-22(13-14)17-7-2-1-3-8-17/h4-6,9-13,17H,1-3,7-8H2,(H,21,23)/b20-12-. The lowest BCUT2D eigenvalue weighted by atomic mass is 9.95. The highest BCUT2D eigenvalue weighted by molar-refractivity contribution is 5.94. The average Bonchev–Trinajstić information content (AvgIpc) is 3.04. The lowest BCUT2D eigenvalue weighted by Crippen LogP contribution is -2.17. The summed E-state index contributed by atoms with van der Waals surface area (Å²) in [5, 5.41) is 3.95. The molecule has 1 saturated carbocycles. The molecule has 1 aliphatic carbocycles.